The quantitative estimate of drug-likeness (QED) is 0.438. The number of hydrogen-bond acceptors (Lipinski definition) is 7. The van der Waals surface area contributed by atoms with Gasteiger partial charge in [-0.2, -0.15) is 5.10 Å². The third kappa shape index (κ3) is 4.16. The minimum Gasteiger partial charge on any atom is -0.465 e. The zero-order valence-electron chi connectivity index (χ0n) is 13.7. The maximum Gasteiger partial charge on any atom is 0.339 e. The van der Waals surface area contributed by atoms with Gasteiger partial charge in [0.15, 0.2) is 0 Å². The van der Waals surface area contributed by atoms with Crippen molar-refractivity contribution in [2.24, 2.45) is 0 Å². The predicted molar refractivity (Wildman–Crippen MR) is 86.0 cm³/mol. The van der Waals surface area contributed by atoms with Gasteiger partial charge < -0.3 is 10.1 Å². The lowest BCUT2D eigenvalue weighted by molar-refractivity contribution is -0.385. The van der Waals surface area contributed by atoms with Crippen LogP contribution in [-0.4, -0.2) is 39.1 Å². The van der Waals surface area contributed by atoms with Gasteiger partial charge in [-0.3, -0.25) is 25.0 Å². The highest BCUT2D eigenvalue weighted by molar-refractivity contribution is 5.96. The van der Waals surface area contributed by atoms with Gasteiger partial charge >= 0.3 is 11.7 Å². The van der Waals surface area contributed by atoms with Gasteiger partial charge in [0.05, 0.1) is 29.8 Å². The number of esters is 1. The summed E-state index contributed by atoms with van der Waals surface area (Å²) in [6, 6.07) is 3.06. The molecule has 0 aliphatic rings. The highest BCUT2D eigenvalue weighted by atomic mass is 16.6. The number of H-pyrrole nitrogens is 1. The van der Waals surface area contributed by atoms with E-state index in [0.29, 0.717) is 24.2 Å². The third-order valence-corrected chi connectivity index (χ3v) is 3.39. The van der Waals surface area contributed by atoms with Crippen LogP contribution in [0, 0.1) is 10.1 Å². The molecule has 0 fully saturated rings. The summed E-state index contributed by atoms with van der Waals surface area (Å²) in [6.07, 6.45) is 2.43. The zero-order valence-corrected chi connectivity index (χ0v) is 13.7. The van der Waals surface area contributed by atoms with E-state index in [9.17, 15) is 19.7 Å². The second-order valence-corrected chi connectivity index (χ2v) is 5.12. The molecular weight excluding hydrogens is 330 g/mol. The van der Waals surface area contributed by atoms with E-state index in [1.54, 1.807) is 6.07 Å². The number of pyridine rings is 1. The van der Waals surface area contributed by atoms with Gasteiger partial charge in [-0.05, 0) is 18.6 Å². The summed E-state index contributed by atoms with van der Waals surface area (Å²) in [5, 5.41) is 20.0. The number of aromatic nitrogens is 3. The fraction of sp³-hybridized carbons (Fsp3) is 0.333. The Hall–Kier alpha value is -3.30. The minimum atomic E-state index is -0.677. The topological polar surface area (TPSA) is 140 Å². The molecule has 2 aromatic rings. The Morgan fingerprint density at radius 3 is 2.72 bits per heavy atom. The van der Waals surface area contributed by atoms with Gasteiger partial charge in [0, 0.05) is 6.20 Å². The number of aryl methyl sites for hydroxylation is 1. The van der Waals surface area contributed by atoms with E-state index in [1.165, 1.54) is 19.4 Å². The fourth-order valence-electron chi connectivity index (χ4n) is 2.17. The van der Waals surface area contributed by atoms with Crippen molar-refractivity contribution < 1.29 is 19.2 Å². The highest BCUT2D eigenvalue weighted by Crippen LogP contribution is 2.22. The number of nitrogens with one attached hydrogen (secondary N) is 2. The molecule has 0 unspecified atom stereocenters. The highest BCUT2D eigenvalue weighted by Gasteiger charge is 2.28. The van der Waals surface area contributed by atoms with Crippen molar-refractivity contribution in [2.45, 2.75) is 26.3 Å². The van der Waals surface area contributed by atoms with E-state index in [1.807, 2.05) is 6.92 Å². The first kappa shape index (κ1) is 18.0. The fourth-order valence-corrected chi connectivity index (χ4v) is 2.17. The summed E-state index contributed by atoms with van der Waals surface area (Å²) in [4.78, 5) is 38.1. The van der Waals surface area contributed by atoms with Gasteiger partial charge in [0.2, 0.25) is 5.69 Å². The lowest BCUT2D eigenvalue weighted by Crippen LogP contribution is -2.24. The molecule has 2 N–H and O–H groups in total. The summed E-state index contributed by atoms with van der Waals surface area (Å²) in [7, 11) is 1.26. The van der Waals surface area contributed by atoms with Crippen LogP contribution in [0.15, 0.2) is 18.3 Å². The van der Waals surface area contributed by atoms with Crippen molar-refractivity contribution in [3.63, 3.8) is 0 Å². The Morgan fingerprint density at radius 1 is 1.40 bits per heavy atom. The predicted octanol–water partition coefficient (Wildman–Crippen LogP) is 1.38. The minimum absolute atomic E-state index is 0.0351. The Bertz CT molecular complexity index is 784. The molecule has 2 heterocycles. The zero-order chi connectivity index (χ0) is 18.4. The van der Waals surface area contributed by atoms with Gasteiger partial charge in [-0.1, -0.05) is 13.3 Å². The molecule has 10 heteroatoms. The van der Waals surface area contributed by atoms with Crippen molar-refractivity contribution in [1.29, 1.82) is 0 Å². The maximum absolute atomic E-state index is 12.2. The Labute approximate surface area is 142 Å². The van der Waals surface area contributed by atoms with Gasteiger partial charge in [0.25, 0.3) is 5.91 Å². The van der Waals surface area contributed by atoms with Gasteiger partial charge in [-0.25, -0.2) is 4.79 Å². The standard InChI is InChI=1S/C15H17N5O5/c1-3-4-11-13(20(23)24)12(19-18-11)14(21)17-8-10-6-5-9(7-16-10)15(22)25-2/h5-7H,3-4,8H2,1-2H3,(H,17,21)(H,18,19). The molecule has 2 aromatic heterocycles. The molecule has 132 valence electrons. The van der Waals surface area contributed by atoms with Crippen molar-refractivity contribution in [2.75, 3.05) is 7.11 Å². The van der Waals surface area contributed by atoms with E-state index >= 15 is 0 Å². The smallest absolute Gasteiger partial charge is 0.339 e. The van der Waals surface area contributed by atoms with Gasteiger partial charge in [-0.15, -0.1) is 0 Å². The normalized spacial score (nSPS) is 10.3. The number of methoxy groups -OCH3 is 1. The lowest BCUT2D eigenvalue weighted by Gasteiger charge is -2.04. The number of carbonyl (C=O) groups is 2. The van der Waals surface area contributed by atoms with Crippen LogP contribution in [0.5, 0.6) is 0 Å². The molecular formula is C15H17N5O5. The van der Waals surface area contributed by atoms with Crippen LogP contribution in [0.4, 0.5) is 5.69 Å². The number of amides is 1. The first-order valence-corrected chi connectivity index (χ1v) is 7.51. The summed E-state index contributed by atoms with van der Waals surface area (Å²) in [5.74, 6) is -1.19. The Morgan fingerprint density at radius 2 is 2.16 bits per heavy atom. The molecule has 0 saturated heterocycles. The monoisotopic (exact) mass is 347 g/mol. The second kappa shape index (κ2) is 7.99. The van der Waals surface area contributed by atoms with Crippen LogP contribution < -0.4 is 5.32 Å². The summed E-state index contributed by atoms with van der Waals surface area (Å²) < 4.78 is 4.57. The van der Waals surface area contributed by atoms with E-state index in [0.717, 1.165) is 0 Å². The number of ether oxygens (including phenoxy) is 1. The molecule has 0 spiro atoms. The Balaban J connectivity index is 2.08. The van der Waals surface area contributed by atoms with E-state index in [-0.39, 0.29) is 23.5 Å². The van der Waals surface area contributed by atoms with Crippen molar-refractivity contribution in [1.82, 2.24) is 20.5 Å². The third-order valence-electron chi connectivity index (χ3n) is 3.39. The van der Waals surface area contributed by atoms with Crippen LogP contribution in [0.3, 0.4) is 0 Å². The van der Waals surface area contributed by atoms with Crippen molar-refractivity contribution in [3.05, 3.63) is 51.1 Å². The number of carbonyl (C=O) groups excluding carboxylic acids is 2. The molecule has 10 nitrogen and oxygen atoms in total. The van der Waals surface area contributed by atoms with Crippen LogP contribution >= 0.6 is 0 Å². The molecule has 0 aliphatic heterocycles. The molecule has 2 rings (SSSR count). The van der Waals surface area contributed by atoms with Crippen LogP contribution in [0.25, 0.3) is 0 Å². The van der Waals surface area contributed by atoms with E-state index in [2.05, 4.69) is 25.2 Å². The molecule has 0 aromatic carbocycles. The SMILES string of the molecule is CCCc1[nH]nc(C(=O)NCc2ccc(C(=O)OC)cn2)c1[N+](=O)[O-]. The first-order chi connectivity index (χ1) is 12.0. The number of hydrogen-bond donors (Lipinski definition) is 2. The van der Waals surface area contributed by atoms with Crippen molar-refractivity contribution in [3.8, 4) is 0 Å². The molecule has 0 saturated carbocycles. The first-order valence-electron chi connectivity index (χ1n) is 7.51. The molecule has 0 aliphatic carbocycles. The van der Waals surface area contributed by atoms with Crippen LogP contribution in [0.1, 0.15) is 45.6 Å². The van der Waals surface area contributed by atoms with Crippen molar-refractivity contribution >= 4 is 17.6 Å². The summed E-state index contributed by atoms with van der Waals surface area (Å²) in [6.45, 7) is 1.90. The van der Waals surface area contributed by atoms with Gasteiger partial charge in [0.1, 0.15) is 5.69 Å². The number of aromatic amines is 1. The molecule has 0 atom stereocenters. The summed E-state index contributed by atoms with van der Waals surface area (Å²) >= 11 is 0. The summed E-state index contributed by atoms with van der Waals surface area (Å²) in [5.41, 5.74) is 0.504. The molecule has 1 amide bonds. The average Bonchev–Trinajstić information content (AvgIpc) is 3.04. The number of rotatable bonds is 7. The largest absolute Gasteiger partial charge is 0.465 e. The van der Waals surface area contributed by atoms with E-state index < -0.39 is 16.8 Å². The number of nitro groups is 1. The second-order valence-electron chi connectivity index (χ2n) is 5.12. The van der Waals surface area contributed by atoms with E-state index in [4.69, 9.17) is 0 Å². The lowest BCUT2D eigenvalue weighted by atomic mass is 10.2. The number of nitrogens with zero attached hydrogens (tertiary/aromatic N) is 3. The molecule has 0 radical (unpaired) electrons. The molecule has 25 heavy (non-hydrogen) atoms. The van der Waals surface area contributed by atoms with Crippen LogP contribution in [-0.2, 0) is 17.7 Å². The molecule has 0 bridgehead atoms. The maximum atomic E-state index is 12.2. The Kier molecular flexibility index (Phi) is 5.77. The van der Waals surface area contributed by atoms with Crippen LogP contribution in [0.2, 0.25) is 0 Å². The average molecular weight is 347 g/mol.